The van der Waals surface area contributed by atoms with Gasteiger partial charge in [0.15, 0.2) is 0 Å². The fourth-order valence-electron chi connectivity index (χ4n) is 2.95. The van der Waals surface area contributed by atoms with Crippen LogP contribution in [0.1, 0.15) is 25.1 Å². The molecule has 0 saturated carbocycles. The summed E-state index contributed by atoms with van der Waals surface area (Å²) in [5.74, 6) is 2.33. The molecule has 1 aromatic heterocycles. The molecule has 3 rings (SSSR count). The van der Waals surface area contributed by atoms with E-state index in [9.17, 15) is 0 Å². The van der Waals surface area contributed by atoms with Crippen molar-refractivity contribution in [3.8, 4) is 0 Å². The fourth-order valence-corrected chi connectivity index (χ4v) is 2.95. The lowest BCUT2D eigenvalue weighted by Crippen LogP contribution is -2.29. The van der Waals surface area contributed by atoms with Crippen LogP contribution in [0, 0.1) is 6.92 Å². The highest BCUT2D eigenvalue weighted by atomic mass is 15.1. The van der Waals surface area contributed by atoms with E-state index in [-0.39, 0.29) is 0 Å². The fraction of sp³-hybridized carbons (Fsp3) is 0.368. The summed E-state index contributed by atoms with van der Waals surface area (Å²) in [6, 6.07) is 10.5. The number of rotatable bonds is 6. The van der Waals surface area contributed by atoms with Crippen molar-refractivity contribution < 1.29 is 0 Å². The molecule has 0 aliphatic carbocycles. The van der Waals surface area contributed by atoms with Gasteiger partial charge in [0.2, 0.25) is 0 Å². The summed E-state index contributed by atoms with van der Waals surface area (Å²) < 4.78 is 0. The van der Waals surface area contributed by atoms with Crippen molar-refractivity contribution >= 4 is 23.0 Å². The van der Waals surface area contributed by atoms with Crippen LogP contribution in [0.15, 0.2) is 43.0 Å². The van der Waals surface area contributed by atoms with Crippen LogP contribution in [0.4, 0.5) is 23.0 Å². The number of piperidine rings is 1. The number of aromatic nitrogens is 2. The number of benzene rings is 1. The second kappa shape index (κ2) is 7.81. The first kappa shape index (κ1) is 16.3. The Bertz CT molecular complexity index is 675. The molecule has 0 amide bonds. The van der Waals surface area contributed by atoms with E-state index in [1.807, 2.05) is 19.1 Å². The lowest BCUT2D eigenvalue weighted by molar-refractivity contribution is 0.578. The molecule has 0 bridgehead atoms. The first-order chi connectivity index (χ1) is 11.7. The molecule has 1 saturated heterocycles. The van der Waals surface area contributed by atoms with Gasteiger partial charge in [-0.3, -0.25) is 0 Å². The molecule has 1 aliphatic rings. The van der Waals surface area contributed by atoms with Crippen LogP contribution >= 0.6 is 0 Å². The van der Waals surface area contributed by atoms with E-state index < -0.39 is 0 Å². The highest BCUT2D eigenvalue weighted by Crippen LogP contribution is 2.23. The number of hydrogen-bond donors (Lipinski definition) is 2. The third-order valence-electron chi connectivity index (χ3n) is 4.13. The van der Waals surface area contributed by atoms with Crippen molar-refractivity contribution in [2.24, 2.45) is 0 Å². The summed E-state index contributed by atoms with van der Waals surface area (Å²) >= 11 is 0. The first-order valence-corrected chi connectivity index (χ1v) is 8.57. The van der Waals surface area contributed by atoms with Gasteiger partial charge in [0.25, 0.3) is 0 Å². The number of aryl methyl sites for hydroxylation is 1. The summed E-state index contributed by atoms with van der Waals surface area (Å²) in [7, 11) is 0. The lowest BCUT2D eigenvalue weighted by Gasteiger charge is -2.28. The molecule has 2 N–H and O–H groups in total. The second-order valence-corrected chi connectivity index (χ2v) is 6.07. The zero-order valence-corrected chi connectivity index (χ0v) is 14.3. The Kier molecular flexibility index (Phi) is 5.31. The maximum Gasteiger partial charge on any atom is 0.136 e. The molecule has 2 heterocycles. The minimum absolute atomic E-state index is 0.681. The summed E-state index contributed by atoms with van der Waals surface area (Å²) in [6.45, 7) is 8.61. The third kappa shape index (κ3) is 4.25. The van der Waals surface area contributed by atoms with Gasteiger partial charge < -0.3 is 15.5 Å². The van der Waals surface area contributed by atoms with Crippen LogP contribution in [0.3, 0.4) is 0 Å². The number of anilines is 4. The number of nitrogens with one attached hydrogen (secondary N) is 2. The minimum atomic E-state index is 0.681. The highest BCUT2D eigenvalue weighted by Gasteiger charge is 2.10. The quantitative estimate of drug-likeness (QED) is 0.783. The Morgan fingerprint density at radius 2 is 1.79 bits per heavy atom. The van der Waals surface area contributed by atoms with Gasteiger partial charge in [-0.2, -0.15) is 0 Å². The molecule has 1 aromatic carbocycles. The van der Waals surface area contributed by atoms with E-state index in [2.05, 4.69) is 56.3 Å². The molecule has 1 fully saturated rings. The Labute approximate surface area is 143 Å². The van der Waals surface area contributed by atoms with E-state index in [1.54, 1.807) is 0 Å². The minimum Gasteiger partial charge on any atom is -0.372 e. The van der Waals surface area contributed by atoms with Gasteiger partial charge in [-0.05, 0) is 50.5 Å². The summed E-state index contributed by atoms with van der Waals surface area (Å²) in [5.41, 5.74) is 2.33. The number of hydrogen-bond acceptors (Lipinski definition) is 5. The average Bonchev–Trinajstić information content (AvgIpc) is 2.61. The normalized spacial score (nSPS) is 14.3. The zero-order chi connectivity index (χ0) is 16.8. The van der Waals surface area contributed by atoms with Crippen molar-refractivity contribution in [3.05, 3.63) is 48.8 Å². The van der Waals surface area contributed by atoms with Gasteiger partial charge in [0, 0.05) is 37.1 Å². The van der Waals surface area contributed by atoms with Gasteiger partial charge in [-0.1, -0.05) is 6.08 Å². The van der Waals surface area contributed by atoms with Gasteiger partial charge >= 0.3 is 0 Å². The molecule has 5 heteroatoms. The summed E-state index contributed by atoms with van der Waals surface area (Å²) in [4.78, 5) is 11.3. The van der Waals surface area contributed by atoms with Crippen LogP contribution < -0.4 is 15.5 Å². The SMILES string of the molecule is C=CCNc1cc(Nc2ccc(N3CCCCC3)cc2)nc(C)n1. The Hall–Kier alpha value is -2.56. The van der Waals surface area contributed by atoms with Crippen LogP contribution in [-0.4, -0.2) is 29.6 Å². The largest absolute Gasteiger partial charge is 0.372 e. The molecule has 2 aromatic rings. The van der Waals surface area contributed by atoms with Crippen molar-refractivity contribution in [3.63, 3.8) is 0 Å². The van der Waals surface area contributed by atoms with Crippen molar-refractivity contribution in [2.45, 2.75) is 26.2 Å². The monoisotopic (exact) mass is 323 g/mol. The Morgan fingerprint density at radius 3 is 2.50 bits per heavy atom. The van der Waals surface area contributed by atoms with E-state index in [4.69, 9.17) is 0 Å². The van der Waals surface area contributed by atoms with E-state index in [0.29, 0.717) is 6.54 Å². The molecule has 1 aliphatic heterocycles. The van der Waals surface area contributed by atoms with Gasteiger partial charge in [-0.15, -0.1) is 6.58 Å². The third-order valence-corrected chi connectivity index (χ3v) is 4.13. The van der Waals surface area contributed by atoms with Gasteiger partial charge in [0.05, 0.1) is 0 Å². The van der Waals surface area contributed by atoms with Crippen LogP contribution in [0.5, 0.6) is 0 Å². The maximum absolute atomic E-state index is 4.45. The standard InChI is InChI=1S/C19H25N5/c1-3-11-20-18-14-19(22-15(2)21-18)23-16-7-9-17(10-8-16)24-12-5-4-6-13-24/h3,7-10,14H,1,4-6,11-13H2,2H3,(H2,20,21,22,23). The topological polar surface area (TPSA) is 53.1 Å². The number of nitrogens with zero attached hydrogens (tertiary/aromatic N) is 3. The van der Waals surface area contributed by atoms with Crippen LogP contribution in [-0.2, 0) is 0 Å². The molecule has 0 atom stereocenters. The molecular weight excluding hydrogens is 298 g/mol. The van der Waals surface area contributed by atoms with Gasteiger partial charge in [-0.25, -0.2) is 9.97 Å². The van der Waals surface area contributed by atoms with E-state index in [0.717, 1.165) is 36.2 Å². The van der Waals surface area contributed by atoms with Crippen molar-refractivity contribution in [2.75, 3.05) is 35.2 Å². The first-order valence-electron chi connectivity index (χ1n) is 8.57. The highest BCUT2D eigenvalue weighted by molar-refractivity contribution is 5.62. The Balaban J connectivity index is 1.69. The summed E-state index contributed by atoms with van der Waals surface area (Å²) in [6.07, 6.45) is 5.75. The van der Waals surface area contributed by atoms with Crippen molar-refractivity contribution in [1.29, 1.82) is 0 Å². The Morgan fingerprint density at radius 1 is 1.08 bits per heavy atom. The molecule has 0 radical (unpaired) electrons. The predicted molar refractivity (Wildman–Crippen MR) is 101 cm³/mol. The van der Waals surface area contributed by atoms with Crippen LogP contribution in [0.2, 0.25) is 0 Å². The van der Waals surface area contributed by atoms with E-state index in [1.165, 1.54) is 24.9 Å². The molecule has 126 valence electrons. The maximum atomic E-state index is 4.45. The molecule has 24 heavy (non-hydrogen) atoms. The average molecular weight is 323 g/mol. The van der Waals surface area contributed by atoms with E-state index >= 15 is 0 Å². The molecular formula is C19H25N5. The molecule has 5 nitrogen and oxygen atoms in total. The summed E-state index contributed by atoms with van der Waals surface area (Å²) in [5, 5.41) is 6.55. The lowest BCUT2D eigenvalue weighted by atomic mass is 10.1. The second-order valence-electron chi connectivity index (χ2n) is 6.07. The molecule has 0 unspecified atom stereocenters. The molecule has 0 spiro atoms. The smallest absolute Gasteiger partial charge is 0.136 e. The predicted octanol–water partition coefficient (Wildman–Crippen LogP) is 4.12. The van der Waals surface area contributed by atoms with Gasteiger partial charge in [0.1, 0.15) is 17.5 Å². The zero-order valence-electron chi connectivity index (χ0n) is 14.3. The van der Waals surface area contributed by atoms with Crippen molar-refractivity contribution in [1.82, 2.24) is 9.97 Å². The van der Waals surface area contributed by atoms with Crippen LogP contribution in [0.25, 0.3) is 0 Å².